The summed E-state index contributed by atoms with van der Waals surface area (Å²) in [5.74, 6) is 0.0485. The fourth-order valence-electron chi connectivity index (χ4n) is 3.91. The monoisotopic (exact) mass is 352 g/mol. The fourth-order valence-corrected chi connectivity index (χ4v) is 3.91. The first kappa shape index (κ1) is 16.6. The highest BCUT2D eigenvalue weighted by atomic mass is 16.3. The van der Waals surface area contributed by atoms with Crippen molar-refractivity contribution >= 4 is 23.2 Å². The average molecular weight is 352 g/mol. The maximum atomic E-state index is 12.9. The van der Waals surface area contributed by atoms with Gasteiger partial charge in [0.15, 0.2) is 6.04 Å². The summed E-state index contributed by atoms with van der Waals surface area (Å²) in [6, 6.07) is 16.1. The van der Waals surface area contributed by atoms with Crippen LogP contribution in [0.5, 0.6) is 5.75 Å². The number of nitrogens with zero attached hydrogens (tertiary/aromatic N) is 2. The SMILES string of the molecule is O=C1C[C@H]([NH+]2CCN(c3ccccc3O)CC2)C(=O)N1c1ccccc1. The Kier molecular flexibility index (Phi) is 4.34. The Balaban J connectivity index is 1.44. The molecule has 0 spiro atoms. The van der Waals surface area contributed by atoms with Gasteiger partial charge < -0.3 is 14.9 Å². The molecule has 0 radical (unpaired) electrons. The van der Waals surface area contributed by atoms with E-state index in [0.29, 0.717) is 5.69 Å². The Hall–Kier alpha value is -2.86. The lowest BCUT2D eigenvalue weighted by atomic mass is 10.1. The molecule has 2 aromatic carbocycles. The molecule has 0 bridgehead atoms. The van der Waals surface area contributed by atoms with Crippen LogP contribution >= 0.6 is 0 Å². The number of amides is 2. The number of hydrogen-bond donors (Lipinski definition) is 2. The molecule has 2 aromatic rings. The van der Waals surface area contributed by atoms with E-state index in [1.165, 1.54) is 4.90 Å². The normalized spacial score (nSPS) is 21.5. The van der Waals surface area contributed by atoms with Crippen LogP contribution in [0.25, 0.3) is 0 Å². The number of benzene rings is 2. The van der Waals surface area contributed by atoms with Gasteiger partial charge in [-0.2, -0.15) is 0 Å². The van der Waals surface area contributed by atoms with Crippen LogP contribution in [0.1, 0.15) is 6.42 Å². The summed E-state index contributed by atoms with van der Waals surface area (Å²) >= 11 is 0. The lowest BCUT2D eigenvalue weighted by Gasteiger charge is -2.35. The Morgan fingerprint density at radius 3 is 2.27 bits per heavy atom. The van der Waals surface area contributed by atoms with Crippen molar-refractivity contribution in [3.05, 3.63) is 54.6 Å². The highest BCUT2D eigenvalue weighted by molar-refractivity contribution is 6.21. The Morgan fingerprint density at radius 2 is 1.58 bits per heavy atom. The first-order valence-corrected chi connectivity index (χ1v) is 8.94. The number of carbonyl (C=O) groups excluding carboxylic acids is 2. The zero-order valence-electron chi connectivity index (χ0n) is 14.5. The fraction of sp³-hybridized carbons (Fsp3) is 0.300. The molecule has 2 saturated heterocycles. The van der Waals surface area contributed by atoms with Crippen LogP contribution in [0.4, 0.5) is 11.4 Å². The molecule has 6 nitrogen and oxygen atoms in total. The summed E-state index contributed by atoms with van der Waals surface area (Å²) in [5, 5.41) is 10.0. The van der Waals surface area contributed by atoms with E-state index in [2.05, 4.69) is 4.90 Å². The van der Waals surface area contributed by atoms with Crippen molar-refractivity contribution < 1.29 is 19.6 Å². The number of phenolic OH excluding ortho intramolecular Hbond substituents is 1. The van der Waals surface area contributed by atoms with Crippen molar-refractivity contribution in [1.29, 1.82) is 0 Å². The van der Waals surface area contributed by atoms with Crippen molar-refractivity contribution in [3.63, 3.8) is 0 Å². The van der Waals surface area contributed by atoms with Crippen LogP contribution < -0.4 is 14.7 Å². The Labute approximate surface area is 152 Å². The minimum absolute atomic E-state index is 0.104. The molecule has 0 saturated carbocycles. The zero-order chi connectivity index (χ0) is 18.1. The van der Waals surface area contributed by atoms with Crippen LogP contribution in [0.2, 0.25) is 0 Å². The summed E-state index contributed by atoms with van der Waals surface area (Å²) in [6.07, 6.45) is 0.264. The van der Waals surface area contributed by atoms with Gasteiger partial charge in [0.2, 0.25) is 5.91 Å². The van der Waals surface area contributed by atoms with Gasteiger partial charge in [0.1, 0.15) is 5.75 Å². The van der Waals surface area contributed by atoms with Gasteiger partial charge in [-0.25, -0.2) is 4.90 Å². The molecular formula is C20H22N3O3+. The van der Waals surface area contributed by atoms with E-state index in [-0.39, 0.29) is 30.0 Å². The van der Waals surface area contributed by atoms with Gasteiger partial charge in [-0.1, -0.05) is 30.3 Å². The summed E-state index contributed by atoms with van der Waals surface area (Å²) in [5.41, 5.74) is 1.48. The highest BCUT2D eigenvalue weighted by Gasteiger charge is 2.46. The predicted molar refractivity (Wildman–Crippen MR) is 98.4 cm³/mol. The van der Waals surface area contributed by atoms with Crippen LogP contribution in [0.3, 0.4) is 0 Å². The third-order valence-electron chi connectivity index (χ3n) is 5.28. The number of carbonyl (C=O) groups is 2. The number of phenols is 1. The molecule has 2 aliphatic heterocycles. The average Bonchev–Trinajstić information content (AvgIpc) is 2.97. The van der Waals surface area contributed by atoms with Crippen molar-refractivity contribution in [2.75, 3.05) is 36.0 Å². The number of piperazine rings is 1. The molecular weight excluding hydrogens is 330 g/mol. The summed E-state index contributed by atoms with van der Waals surface area (Å²) in [4.78, 5) is 29.9. The maximum Gasteiger partial charge on any atom is 0.292 e. The predicted octanol–water partition coefficient (Wildman–Crippen LogP) is 0.429. The molecule has 6 heteroatoms. The van der Waals surface area contributed by atoms with Crippen LogP contribution in [-0.4, -0.2) is 49.1 Å². The zero-order valence-corrected chi connectivity index (χ0v) is 14.5. The third-order valence-corrected chi connectivity index (χ3v) is 5.28. The largest absolute Gasteiger partial charge is 0.506 e. The lowest BCUT2D eigenvalue weighted by molar-refractivity contribution is -0.915. The summed E-state index contributed by atoms with van der Waals surface area (Å²) < 4.78 is 0. The Morgan fingerprint density at radius 1 is 0.923 bits per heavy atom. The molecule has 1 atom stereocenters. The molecule has 2 N–H and O–H groups in total. The van der Waals surface area contributed by atoms with Gasteiger partial charge in [0.05, 0.1) is 44.0 Å². The first-order chi connectivity index (χ1) is 12.6. The van der Waals surface area contributed by atoms with Crippen LogP contribution in [0, 0.1) is 0 Å². The third kappa shape index (κ3) is 2.93. The molecule has 0 aliphatic carbocycles. The minimum Gasteiger partial charge on any atom is -0.506 e. The van der Waals surface area contributed by atoms with E-state index < -0.39 is 0 Å². The number of quaternary nitrogens is 1. The standard InChI is InChI=1S/C20H21N3O3/c24-18-9-5-4-8-16(18)21-10-12-22(13-11-21)17-14-19(25)23(20(17)26)15-6-2-1-3-7-15/h1-9,17,24H,10-14H2/p+1/t17-/m0/s1. The molecule has 2 amide bonds. The number of nitrogens with one attached hydrogen (secondary N) is 1. The number of rotatable bonds is 3. The molecule has 2 heterocycles. The second kappa shape index (κ2) is 6.80. The van der Waals surface area contributed by atoms with E-state index in [1.807, 2.05) is 30.3 Å². The van der Waals surface area contributed by atoms with Gasteiger partial charge in [-0.05, 0) is 24.3 Å². The number of imide groups is 1. The molecule has 0 unspecified atom stereocenters. The van der Waals surface area contributed by atoms with E-state index in [9.17, 15) is 14.7 Å². The molecule has 4 rings (SSSR count). The number of para-hydroxylation sites is 3. The summed E-state index contributed by atoms with van der Waals surface area (Å²) in [6.45, 7) is 3.02. The molecule has 2 aliphatic rings. The number of anilines is 2. The Bertz CT molecular complexity index is 816. The van der Waals surface area contributed by atoms with Gasteiger partial charge in [0.25, 0.3) is 5.91 Å². The first-order valence-electron chi connectivity index (χ1n) is 8.94. The molecule has 26 heavy (non-hydrogen) atoms. The molecule has 0 aromatic heterocycles. The van der Waals surface area contributed by atoms with Gasteiger partial charge in [-0.15, -0.1) is 0 Å². The van der Waals surface area contributed by atoms with Crippen molar-refractivity contribution in [3.8, 4) is 5.75 Å². The quantitative estimate of drug-likeness (QED) is 0.787. The van der Waals surface area contributed by atoms with E-state index in [1.54, 1.807) is 24.3 Å². The van der Waals surface area contributed by atoms with Gasteiger partial charge in [-0.3, -0.25) is 9.59 Å². The number of hydrogen-bond acceptors (Lipinski definition) is 4. The lowest BCUT2D eigenvalue weighted by Crippen LogP contribution is -3.19. The van der Waals surface area contributed by atoms with Crippen LogP contribution in [0.15, 0.2) is 54.6 Å². The maximum absolute atomic E-state index is 12.9. The highest BCUT2D eigenvalue weighted by Crippen LogP contribution is 2.26. The van der Waals surface area contributed by atoms with Gasteiger partial charge in [0, 0.05) is 0 Å². The van der Waals surface area contributed by atoms with Crippen LogP contribution in [-0.2, 0) is 9.59 Å². The van der Waals surface area contributed by atoms with E-state index in [4.69, 9.17) is 0 Å². The molecule has 2 fully saturated rings. The smallest absolute Gasteiger partial charge is 0.292 e. The van der Waals surface area contributed by atoms with Crippen molar-refractivity contribution in [2.45, 2.75) is 12.5 Å². The number of aromatic hydroxyl groups is 1. The topological polar surface area (TPSA) is 65.3 Å². The summed E-state index contributed by atoms with van der Waals surface area (Å²) in [7, 11) is 0. The second-order valence-electron chi connectivity index (χ2n) is 6.79. The van der Waals surface area contributed by atoms with Gasteiger partial charge >= 0.3 is 0 Å². The molecule has 134 valence electrons. The van der Waals surface area contributed by atoms with Crippen molar-refractivity contribution in [2.24, 2.45) is 0 Å². The van der Waals surface area contributed by atoms with E-state index in [0.717, 1.165) is 36.8 Å². The van der Waals surface area contributed by atoms with E-state index >= 15 is 0 Å². The minimum atomic E-state index is -0.311. The second-order valence-corrected chi connectivity index (χ2v) is 6.79. The van der Waals surface area contributed by atoms with Crippen molar-refractivity contribution in [1.82, 2.24) is 0 Å².